The Labute approximate surface area is 316 Å². The van der Waals surface area contributed by atoms with Crippen LogP contribution in [0.15, 0.2) is 115 Å². The number of anilines is 3. The molecule has 53 heavy (non-hydrogen) atoms. The molecule has 0 amide bonds. The molecule has 0 saturated carbocycles. The first-order valence-corrected chi connectivity index (χ1v) is 19.6. The minimum absolute atomic E-state index is 0.140. The Bertz CT molecular complexity index is 2490. The lowest BCUT2D eigenvalue weighted by Crippen LogP contribution is -2.18. The van der Waals surface area contributed by atoms with E-state index in [1.165, 1.54) is 105 Å². The van der Waals surface area contributed by atoms with Crippen LogP contribution in [0.2, 0.25) is 0 Å². The van der Waals surface area contributed by atoms with Crippen molar-refractivity contribution in [3.05, 3.63) is 160 Å². The minimum Gasteiger partial charge on any atom is -0.310 e. The molecule has 1 heteroatoms. The normalized spacial score (nSPS) is 14.9. The predicted octanol–water partition coefficient (Wildman–Crippen LogP) is 14.9. The summed E-state index contributed by atoms with van der Waals surface area (Å²) in [7, 11) is 0. The van der Waals surface area contributed by atoms with Gasteiger partial charge in [0.2, 0.25) is 0 Å². The minimum atomic E-state index is -0.140. The van der Waals surface area contributed by atoms with Crippen molar-refractivity contribution in [2.45, 2.75) is 91.9 Å². The molecule has 2 aliphatic rings. The van der Waals surface area contributed by atoms with Gasteiger partial charge in [-0.3, -0.25) is 0 Å². The summed E-state index contributed by atoms with van der Waals surface area (Å²) in [5.41, 5.74) is 20.0. The van der Waals surface area contributed by atoms with Crippen molar-refractivity contribution >= 4 is 38.6 Å². The van der Waals surface area contributed by atoms with Crippen LogP contribution in [-0.2, 0) is 10.8 Å². The molecule has 264 valence electrons. The van der Waals surface area contributed by atoms with E-state index in [4.69, 9.17) is 0 Å². The summed E-state index contributed by atoms with van der Waals surface area (Å²) >= 11 is 0. The molecule has 0 bridgehead atoms. The van der Waals surface area contributed by atoms with Crippen LogP contribution in [0.3, 0.4) is 0 Å². The van der Waals surface area contributed by atoms with Gasteiger partial charge in [0.05, 0.1) is 0 Å². The van der Waals surface area contributed by atoms with Crippen molar-refractivity contribution in [2.24, 2.45) is 0 Å². The van der Waals surface area contributed by atoms with Crippen LogP contribution in [0.25, 0.3) is 43.8 Å². The molecule has 1 nitrogen and oxygen atoms in total. The fraction of sp³-hybridized carbons (Fsp3) is 0.269. The van der Waals surface area contributed by atoms with Crippen LogP contribution >= 0.6 is 0 Å². The summed E-state index contributed by atoms with van der Waals surface area (Å²) in [5.74, 6) is 0.899. The number of fused-ring (bicyclic) bond motifs is 10. The van der Waals surface area contributed by atoms with Crippen molar-refractivity contribution < 1.29 is 0 Å². The van der Waals surface area contributed by atoms with Crippen LogP contribution in [0.4, 0.5) is 17.1 Å². The van der Waals surface area contributed by atoms with E-state index in [2.05, 4.69) is 189 Å². The lowest BCUT2D eigenvalue weighted by Gasteiger charge is -2.31. The topological polar surface area (TPSA) is 3.24 Å². The third kappa shape index (κ3) is 4.82. The van der Waals surface area contributed by atoms with Gasteiger partial charge in [-0.15, -0.1) is 0 Å². The first kappa shape index (κ1) is 33.7. The summed E-state index contributed by atoms with van der Waals surface area (Å²) in [5, 5.41) is 5.49. The highest BCUT2D eigenvalue weighted by Gasteiger charge is 2.40. The van der Waals surface area contributed by atoms with Gasteiger partial charge in [-0.1, -0.05) is 146 Å². The van der Waals surface area contributed by atoms with Crippen LogP contribution in [0.1, 0.15) is 112 Å². The Morgan fingerprint density at radius 1 is 0.453 bits per heavy atom. The Balaban J connectivity index is 1.26. The summed E-state index contributed by atoms with van der Waals surface area (Å²) < 4.78 is 0. The number of benzene rings is 7. The number of nitrogens with zero attached hydrogens (tertiary/aromatic N) is 1. The van der Waals surface area contributed by atoms with E-state index in [1.54, 1.807) is 0 Å². The zero-order chi connectivity index (χ0) is 37.1. The largest absolute Gasteiger partial charge is 0.310 e. The number of hydrogen-bond donors (Lipinski definition) is 0. The van der Waals surface area contributed by atoms with Gasteiger partial charge in [0.1, 0.15) is 0 Å². The molecule has 0 heterocycles. The van der Waals surface area contributed by atoms with Gasteiger partial charge in [0, 0.05) is 27.9 Å². The van der Waals surface area contributed by atoms with Crippen molar-refractivity contribution in [1.29, 1.82) is 0 Å². The van der Waals surface area contributed by atoms with Crippen LogP contribution in [-0.4, -0.2) is 0 Å². The third-order valence-electron chi connectivity index (χ3n) is 12.7. The molecular weight excluding hydrogens is 639 g/mol. The Kier molecular flexibility index (Phi) is 7.42. The van der Waals surface area contributed by atoms with E-state index in [9.17, 15) is 0 Å². The Morgan fingerprint density at radius 2 is 0.887 bits per heavy atom. The SMILES string of the molecule is Cc1ccc(N(c2ccc3c(c2)C(C)(C)c2cc(C(C)C)c4ccccc4c2-3)c2ccc3c(c2)C(C)(C)c2cc(C(C)C)c4ccccc4c2-3)c(C)c1. The third-order valence-corrected chi connectivity index (χ3v) is 12.7. The van der Waals surface area contributed by atoms with Crippen LogP contribution in [0, 0.1) is 13.8 Å². The molecule has 0 aliphatic heterocycles. The maximum absolute atomic E-state index is 2.52. The number of aryl methyl sites for hydroxylation is 2. The summed E-state index contributed by atoms with van der Waals surface area (Å²) in [6.45, 7) is 23.4. The molecule has 0 radical (unpaired) electrons. The molecule has 0 spiro atoms. The summed E-state index contributed by atoms with van der Waals surface area (Å²) in [6, 6.07) is 44.5. The summed E-state index contributed by atoms with van der Waals surface area (Å²) in [4.78, 5) is 2.52. The maximum Gasteiger partial charge on any atom is 0.0490 e. The average Bonchev–Trinajstić information content (AvgIpc) is 3.50. The molecule has 0 atom stereocenters. The molecule has 7 aromatic rings. The van der Waals surface area contributed by atoms with Gasteiger partial charge in [0.25, 0.3) is 0 Å². The smallest absolute Gasteiger partial charge is 0.0490 e. The van der Waals surface area contributed by atoms with E-state index in [0.29, 0.717) is 11.8 Å². The number of rotatable bonds is 5. The van der Waals surface area contributed by atoms with E-state index in [1.807, 2.05) is 0 Å². The first-order chi connectivity index (χ1) is 25.3. The predicted molar refractivity (Wildman–Crippen MR) is 229 cm³/mol. The van der Waals surface area contributed by atoms with E-state index in [0.717, 1.165) is 0 Å². The van der Waals surface area contributed by atoms with Crippen molar-refractivity contribution in [2.75, 3.05) is 4.90 Å². The quantitative estimate of drug-likeness (QED) is 0.174. The second-order valence-corrected chi connectivity index (χ2v) is 17.5. The lowest BCUT2D eigenvalue weighted by atomic mass is 9.79. The fourth-order valence-corrected chi connectivity index (χ4v) is 9.91. The highest BCUT2D eigenvalue weighted by Crippen LogP contribution is 2.56. The molecule has 0 saturated heterocycles. The van der Waals surface area contributed by atoms with Crippen molar-refractivity contribution in [1.82, 2.24) is 0 Å². The van der Waals surface area contributed by atoms with Gasteiger partial charge < -0.3 is 4.90 Å². The highest BCUT2D eigenvalue weighted by atomic mass is 15.1. The first-order valence-electron chi connectivity index (χ1n) is 19.6. The van der Waals surface area contributed by atoms with Gasteiger partial charge in [-0.2, -0.15) is 0 Å². The maximum atomic E-state index is 2.52. The second-order valence-electron chi connectivity index (χ2n) is 17.5. The highest BCUT2D eigenvalue weighted by molar-refractivity contribution is 6.06. The fourth-order valence-electron chi connectivity index (χ4n) is 9.91. The van der Waals surface area contributed by atoms with Gasteiger partial charge >= 0.3 is 0 Å². The van der Waals surface area contributed by atoms with E-state index < -0.39 is 0 Å². The molecule has 0 unspecified atom stereocenters. The summed E-state index contributed by atoms with van der Waals surface area (Å²) in [6.07, 6.45) is 0. The molecule has 0 aromatic heterocycles. The second kappa shape index (κ2) is 11.7. The van der Waals surface area contributed by atoms with Crippen molar-refractivity contribution in [3.63, 3.8) is 0 Å². The molecule has 9 rings (SSSR count). The Morgan fingerprint density at radius 3 is 1.30 bits per heavy atom. The zero-order valence-electron chi connectivity index (χ0n) is 33.1. The zero-order valence-corrected chi connectivity index (χ0v) is 33.1. The van der Waals surface area contributed by atoms with Crippen molar-refractivity contribution in [3.8, 4) is 22.3 Å². The van der Waals surface area contributed by atoms with Gasteiger partial charge in [0.15, 0.2) is 0 Å². The Hall–Kier alpha value is -5.14. The monoisotopic (exact) mass is 689 g/mol. The molecule has 7 aromatic carbocycles. The molecular formula is C52H51N. The van der Waals surface area contributed by atoms with Crippen LogP contribution in [0.5, 0.6) is 0 Å². The molecule has 0 N–H and O–H groups in total. The lowest BCUT2D eigenvalue weighted by molar-refractivity contribution is 0.658. The van der Waals surface area contributed by atoms with E-state index >= 15 is 0 Å². The van der Waals surface area contributed by atoms with E-state index in [-0.39, 0.29) is 10.8 Å². The molecule has 0 fully saturated rings. The van der Waals surface area contributed by atoms with Crippen LogP contribution < -0.4 is 4.90 Å². The average molecular weight is 690 g/mol. The van der Waals surface area contributed by atoms with Gasteiger partial charge in [-0.05, 0) is 139 Å². The number of hydrogen-bond acceptors (Lipinski definition) is 1. The molecule has 2 aliphatic carbocycles. The van der Waals surface area contributed by atoms with Gasteiger partial charge in [-0.25, -0.2) is 0 Å². The standard InChI is InChI=1S/C52H51N/c1-30(2)42-28-46-49(38-17-13-11-15-36(38)42)40-22-20-34(26-44(40)51(46,7)8)53(48-24-19-32(5)25-33(48)6)35-21-23-41-45(27-35)52(9,10)47-29-43(31(3)4)37-16-12-14-18-39(37)50(41)47/h11-31H,1-10H3.